The third-order valence-corrected chi connectivity index (χ3v) is 7.94. The van der Waals surface area contributed by atoms with Crippen LogP contribution in [0, 0.1) is 13.5 Å². The van der Waals surface area contributed by atoms with Crippen LogP contribution in [0.3, 0.4) is 0 Å². The van der Waals surface area contributed by atoms with Gasteiger partial charge >= 0.3 is 0 Å². The molecule has 0 unspecified atom stereocenters. The first-order chi connectivity index (χ1) is 17.9. The lowest BCUT2D eigenvalue weighted by atomic mass is 9.92. The van der Waals surface area contributed by atoms with Gasteiger partial charge in [-0.15, -0.1) is 0 Å². The van der Waals surface area contributed by atoms with E-state index in [0.717, 1.165) is 6.42 Å². The first-order valence-corrected chi connectivity index (χ1v) is 12.8. The molecule has 0 saturated heterocycles. The van der Waals surface area contributed by atoms with Crippen LogP contribution in [-0.2, 0) is 13.5 Å². The average molecular weight is 479 g/mol. The van der Waals surface area contributed by atoms with E-state index in [2.05, 4.69) is 113 Å². The number of aromatic nitrogens is 2. The van der Waals surface area contributed by atoms with Gasteiger partial charge in [-0.1, -0.05) is 54.6 Å². The van der Waals surface area contributed by atoms with E-state index in [0.29, 0.717) is 0 Å². The van der Waals surface area contributed by atoms with E-state index in [1.165, 1.54) is 71.3 Å². The van der Waals surface area contributed by atoms with Crippen molar-refractivity contribution >= 4 is 49.0 Å². The number of aryl methyl sites for hydroxylation is 2. The quantitative estimate of drug-likeness (QED) is 0.106. The summed E-state index contributed by atoms with van der Waals surface area (Å²) >= 11 is 0. The van der Waals surface area contributed by atoms with Crippen LogP contribution in [0.5, 0.6) is 0 Å². The van der Waals surface area contributed by atoms with Crippen molar-refractivity contribution in [1.29, 1.82) is 0 Å². The van der Waals surface area contributed by atoms with Crippen molar-refractivity contribution in [2.75, 3.05) is 0 Å². The molecule has 7 rings (SSSR count). The third kappa shape index (κ3) is 3.09. The zero-order chi connectivity index (χ0) is 25.5. The maximum Gasteiger partial charge on any atom is 0.231 e. The lowest BCUT2D eigenvalue weighted by Gasteiger charge is -2.16. The number of fused-ring (bicyclic) bond motifs is 5. The summed E-state index contributed by atoms with van der Waals surface area (Å²) in [4.78, 5) is 3.90. The van der Waals surface area contributed by atoms with E-state index in [4.69, 9.17) is 6.57 Å². The van der Waals surface area contributed by atoms with Crippen LogP contribution in [-0.4, -0.2) is 9.94 Å². The molecular weight excluding hydrogens is 450 g/mol. The monoisotopic (exact) mass is 478 g/mol. The second-order valence-electron chi connectivity index (χ2n) is 11.0. The second kappa shape index (κ2) is 7.54. The summed E-state index contributed by atoms with van der Waals surface area (Å²) < 4.78 is 4.75. The Morgan fingerprint density at radius 1 is 0.838 bits per heavy atom. The van der Waals surface area contributed by atoms with Crippen LogP contribution in [0.2, 0.25) is 0 Å². The molecule has 178 valence electrons. The summed E-state index contributed by atoms with van der Waals surface area (Å²) in [5, 5.41) is 6.37. The van der Waals surface area contributed by atoms with Crippen LogP contribution in [0.25, 0.3) is 65.0 Å². The summed E-state index contributed by atoms with van der Waals surface area (Å²) in [6.07, 6.45) is 2.90. The summed E-state index contributed by atoms with van der Waals surface area (Å²) in [5.41, 5.74) is 9.49. The number of pyridine rings is 2. The van der Waals surface area contributed by atoms with Crippen molar-refractivity contribution < 1.29 is 4.57 Å². The fourth-order valence-corrected chi connectivity index (χ4v) is 6.23. The van der Waals surface area contributed by atoms with Crippen LogP contribution >= 0.6 is 0 Å². The normalized spacial score (nSPS) is 12.4. The van der Waals surface area contributed by atoms with Gasteiger partial charge in [0.25, 0.3) is 0 Å². The van der Waals surface area contributed by atoms with E-state index < -0.39 is 5.54 Å². The van der Waals surface area contributed by atoms with Crippen molar-refractivity contribution in [3.05, 3.63) is 108 Å². The maximum absolute atomic E-state index is 7.69. The van der Waals surface area contributed by atoms with Crippen LogP contribution in [0.1, 0.15) is 25.0 Å². The Kier molecular flexibility index (Phi) is 4.45. The molecule has 3 heteroatoms. The minimum atomic E-state index is -0.440. The zero-order valence-corrected chi connectivity index (χ0v) is 21.6. The molecule has 0 bridgehead atoms. The van der Waals surface area contributed by atoms with Gasteiger partial charge in [0.05, 0.1) is 33.7 Å². The fourth-order valence-electron chi connectivity index (χ4n) is 6.23. The average Bonchev–Trinajstić information content (AvgIpc) is 3.23. The van der Waals surface area contributed by atoms with E-state index in [-0.39, 0.29) is 0 Å². The Balaban J connectivity index is 1.70. The van der Waals surface area contributed by atoms with Gasteiger partial charge in [-0.3, -0.25) is 0 Å². The Morgan fingerprint density at radius 2 is 1.65 bits per heavy atom. The summed E-state index contributed by atoms with van der Waals surface area (Å²) in [6, 6.07) is 28.9. The molecule has 37 heavy (non-hydrogen) atoms. The molecular formula is C34H28N3+. The molecule has 0 saturated carbocycles. The topological polar surface area (TPSA) is 12.7 Å². The predicted molar refractivity (Wildman–Crippen MR) is 154 cm³/mol. The molecule has 0 N–H and O–H groups in total. The molecule has 3 aromatic heterocycles. The van der Waals surface area contributed by atoms with Gasteiger partial charge in [-0.05, 0) is 52.8 Å². The van der Waals surface area contributed by atoms with Crippen LogP contribution < -0.4 is 4.57 Å². The van der Waals surface area contributed by atoms with E-state index in [1.54, 1.807) is 0 Å². The van der Waals surface area contributed by atoms with Gasteiger partial charge < -0.3 is 9.25 Å². The number of nitrogens with zero attached hydrogens (tertiary/aromatic N) is 3. The molecule has 7 aromatic rings. The van der Waals surface area contributed by atoms with Gasteiger partial charge in [0, 0.05) is 30.7 Å². The molecule has 0 amide bonds. The summed E-state index contributed by atoms with van der Waals surface area (Å²) in [6.45, 7) is 14.0. The minimum Gasteiger partial charge on any atom is -0.311 e. The molecule has 3 heterocycles. The first-order valence-electron chi connectivity index (χ1n) is 12.8. The van der Waals surface area contributed by atoms with Gasteiger partial charge in [0.15, 0.2) is 6.20 Å². The third-order valence-electron chi connectivity index (χ3n) is 7.94. The lowest BCUT2D eigenvalue weighted by Crippen LogP contribution is -2.29. The molecule has 4 aromatic carbocycles. The Hall–Kier alpha value is -4.42. The van der Waals surface area contributed by atoms with E-state index in [9.17, 15) is 0 Å². The SMILES string of the molecule is [C-]#[N+]C(C)(C)Cc1cc2cc[n+](C)c3c4c(C)ccc5c6cc(-c7ccccc7)ccc6n(c(c1)c23)c54. The van der Waals surface area contributed by atoms with E-state index in [1.807, 2.05) is 13.8 Å². The van der Waals surface area contributed by atoms with Crippen molar-refractivity contribution in [3.63, 3.8) is 0 Å². The Bertz CT molecular complexity index is 2050. The Morgan fingerprint density at radius 3 is 2.43 bits per heavy atom. The maximum atomic E-state index is 7.69. The van der Waals surface area contributed by atoms with Crippen molar-refractivity contribution in [3.8, 4) is 11.1 Å². The van der Waals surface area contributed by atoms with Gasteiger partial charge in [-0.2, -0.15) is 0 Å². The molecule has 0 fully saturated rings. The first kappa shape index (κ1) is 21.8. The minimum absolute atomic E-state index is 0.440. The van der Waals surface area contributed by atoms with Crippen molar-refractivity contribution in [2.45, 2.75) is 32.7 Å². The van der Waals surface area contributed by atoms with E-state index >= 15 is 0 Å². The summed E-state index contributed by atoms with van der Waals surface area (Å²) in [7, 11) is 2.15. The number of hydrogen-bond donors (Lipinski definition) is 0. The number of benzene rings is 4. The van der Waals surface area contributed by atoms with Gasteiger partial charge in [-0.25, -0.2) is 11.1 Å². The highest BCUT2D eigenvalue weighted by molar-refractivity contribution is 6.26. The summed E-state index contributed by atoms with van der Waals surface area (Å²) in [5.74, 6) is 0. The largest absolute Gasteiger partial charge is 0.311 e. The molecule has 3 nitrogen and oxygen atoms in total. The van der Waals surface area contributed by atoms with Crippen LogP contribution in [0.15, 0.2) is 85.1 Å². The molecule has 0 radical (unpaired) electrons. The molecule has 0 spiro atoms. The Labute approximate surface area is 216 Å². The van der Waals surface area contributed by atoms with Crippen LogP contribution in [0.4, 0.5) is 0 Å². The van der Waals surface area contributed by atoms with Gasteiger partial charge in [0.2, 0.25) is 11.1 Å². The lowest BCUT2D eigenvalue weighted by molar-refractivity contribution is -0.643. The highest BCUT2D eigenvalue weighted by Crippen LogP contribution is 2.42. The van der Waals surface area contributed by atoms with Crippen molar-refractivity contribution in [1.82, 2.24) is 4.40 Å². The molecule has 0 aliphatic heterocycles. The highest BCUT2D eigenvalue weighted by atomic mass is 15.0. The fraction of sp³-hybridized carbons (Fsp3) is 0.176. The van der Waals surface area contributed by atoms with Crippen molar-refractivity contribution in [2.24, 2.45) is 7.05 Å². The predicted octanol–water partition coefficient (Wildman–Crippen LogP) is 8.03. The smallest absolute Gasteiger partial charge is 0.231 e. The molecule has 0 aliphatic carbocycles. The zero-order valence-electron chi connectivity index (χ0n) is 21.6. The standard InChI is InChI=1S/C34H28N3/c1-21-11-13-26-27-19-24(23-9-7-6-8-10-23)12-14-28(27)37-29-18-22(20-34(2,3)35-4)17-25-15-16-36(5)33(31(25)29)30(21)32(26)37/h6-19H,20H2,1-3,5H3/q+1. The highest BCUT2D eigenvalue weighted by Gasteiger charge is 2.27. The second-order valence-corrected chi connectivity index (χ2v) is 11.0. The molecule has 0 aliphatic rings. The molecule has 0 atom stereocenters. The number of rotatable bonds is 3. The number of hydrogen-bond acceptors (Lipinski definition) is 0. The van der Waals surface area contributed by atoms with Gasteiger partial charge in [0.1, 0.15) is 7.05 Å².